The number of carbonyl (C=O) groups is 1. The van der Waals surface area contributed by atoms with Gasteiger partial charge in [-0.25, -0.2) is 0 Å². The number of carbonyl (C=O) groups excluding carboxylic acids is 1. The molecule has 0 aliphatic carbocycles. The summed E-state index contributed by atoms with van der Waals surface area (Å²) in [4.78, 5) is 19.3. The molecule has 1 aromatic heterocycles. The number of ether oxygens (including phenoxy) is 1. The lowest BCUT2D eigenvalue weighted by molar-refractivity contribution is 0.0704. The highest BCUT2D eigenvalue weighted by atomic mass is 35.5. The Morgan fingerprint density at radius 2 is 1.97 bits per heavy atom. The van der Waals surface area contributed by atoms with E-state index in [4.69, 9.17) is 20.9 Å². The van der Waals surface area contributed by atoms with Gasteiger partial charge in [-0.1, -0.05) is 42.2 Å². The van der Waals surface area contributed by atoms with Crippen molar-refractivity contribution in [1.29, 1.82) is 0 Å². The molecule has 1 aliphatic rings. The fourth-order valence-electron chi connectivity index (χ4n) is 3.69. The summed E-state index contributed by atoms with van der Waals surface area (Å²) >= 11 is 6.05. The lowest BCUT2D eigenvalue weighted by Gasteiger charge is -2.30. The van der Waals surface area contributed by atoms with E-state index in [2.05, 4.69) is 17.1 Å². The highest BCUT2D eigenvalue weighted by Gasteiger charge is 2.28. The zero-order valence-corrected chi connectivity index (χ0v) is 18.3. The number of unbranched alkanes of at least 4 members (excludes halogenated alkanes) is 1. The minimum absolute atomic E-state index is 0.0451. The van der Waals surface area contributed by atoms with E-state index >= 15 is 0 Å². The molecule has 0 saturated carbocycles. The van der Waals surface area contributed by atoms with E-state index in [1.54, 1.807) is 0 Å². The predicted octanol–water partition coefficient (Wildman–Crippen LogP) is 5.59. The van der Waals surface area contributed by atoms with Crippen LogP contribution in [-0.4, -0.2) is 40.6 Å². The van der Waals surface area contributed by atoms with Crippen molar-refractivity contribution in [2.45, 2.75) is 38.5 Å². The Morgan fingerprint density at radius 3 is 2.68 bits per heavy atom. The Kier molecular flexibility index (Phi) is 6.87. The standard InChI is InChI=1S/C24H26ClN3O3/c1-2-3-15-30-21-9-7-18(8-10-21)24(29)28-13-11-17(12-14-28)23-26-22(27-31-23)19-5-4-6-20(25)16-19/h4-10,16-17H,2-3,11-15H2,1H3. The van der Waals surface area contributed by atoms with E-state index in [1.165, 1.54) is 0 Å². The Morgan fingerprint density at radius 1 is 1.19 bits per heavy atom. The van der Waals surface area contributed by atoms with Crippen molar-refractivity contribution in [2.75, 3.05) is 19.7 Å². The van der Waals surface area contributed by atoms with E-state index in [0.717, 1.165) is 37.0 Å². The number of hydrogen-bond donors (Lipinski definition) is 0. The number of aromatic nitrogens is 2. The topological polar surface area (TPSA) is 68.5 Å². The van der Waals surface area contributed by atoms with Crippen molar-refractivity contribution < 1.29 is 14.1 Å². The second-order valence-electron chi connectivity index (χ2n) is 7.76. The van der Waals surface area contributed by atoms with Crippen LogP contribution in [0.4, 0.5) is 0 Å². The van der Waals surface area contributed by atoms with E-state index in [0.29, 0.717) is 42.0 Å². The second kappa shape index (κ2) is 9.96. The summed E-state index contributed by atoms with van der Waals surface area (Å²) in [5.41, 5.74) is 1.51. The Hall–Kier alpha value is -2.86. The Balaban J connectivity index is 1.33. The van der Waals surface area contributed by atoms with Crippen LogP contribution < -0.4 is 4.74 Å². The molecular formula is C24H26ClN3O3. The number of nitrogens with zero attached hydrogens (tertiary/aromatic N) is 3. The maximum atomic E-state index is 12.9. The van der Waals surface area contributed by atoms with Crippen LogP contribution >= 0.6 is 11.6 Å². The van der Waals surface area contributed by atoms with Crippen LogP contribution in [0, 0.1) is 0 Å². The molecule has 4 rings (SSSR count). The van der Waals surface area contributed by atoms with Crippen molar-refractivity contribution in [1.82, 2.24) is 15.0 Å². The van der Waals surface area contributed by atoms with Gasteiger partial charge in [-0.05, 0) is 55.7 Å². The van der Waals surface area contributed by atoms with Crippen molar-refractivity contribution in [3.8, 4) is 17.1 Å². The quantitative estimate of drug-likeness (QED) is 0.449. The molecule has 1 fully saturated rings. The maximum Gasteiger partial charge on any atom is 0.253 e. The summed E-state index contributed by atoms with van der Waals surface area (Å²) in [7, 11) is 0. The molecule has 0 atom stereocenters. The molecule has 1 amide bonds. The fourth-order valence-corrected chi connectivity index (χ4v) is 3.88. The first-order valence-corrected chi connectivity index (χ1v) is 11.1. The van der Waals surface area contributed by atoms with Crippen molar-refractivity contribution in [3.63, 3.8) is 0 Å². The van der Waals surface area contributed by atoms with Gasteiger partial charge < -0.3 is 14.2 Å². The molecule has 0 bridgehead atoms. The third kappa shape index (κ3) is 5.25. The van der Waals surface area contributed by atoms with Crippen LogP contribution in [0.25, 0.3) is 11.4 Å². The zero-order chi connectivity index (χ0) is 21.6. The molecule has 6 nitrogen and oxygen atoms in total. The molecule has 0 radical (unpaired) electrons. The summed E-state index contributed by atoms with van der Waals surface area (Å²) in [5.74, 6) is 2.16. The smallest absolute Gasteiger partial charge is 0.253 e. The molecule has 0 unspecified atom stereocenters. The summed E-state index contributed by atoms with van der Waals surface area (Å²) in [6.07, 6.45) is 3.70. The van der Waals surface area contributed by atoms with E-state index in [-0.39, 0.29) is 11.8 Å². The maximum absolute atomic E-state index is 12.9. The van der Waals surface area contributed by atoms with Gasteiger partial charge >= 0.3 is 0 Å². The number of hydrogen-bond acceptors (Lipinski definition) is 5. The van der Waals surface area contributed by atoms with Gasteiger partial charge in [-0.3, -0.25) is 4.79 Å². The molecule has 162 valence electrons. The van der Waals surface area contributed by atoms with Gasteiger partial charge in [0, 0.05) is 35.2 Å². The van der Waals surface area contributed by atoms with Crippen LogP contribution in [0.2, 0.25) is 5.02 Å². The molecule has 0 N–H and O–H groups in total. The van der Waals surface area contributed by atoms with Gasteiger partial charge in [0.1, 0.15) is 5.75 Å². The number of likely N-dealkylation sites (tertiary alicyclic amines) is 1. The second-order valence-corrected chi connectivity index (χ2v) is 8.20. The number of benzene rings is 2. The SMILES string of the molecule is CCCCOc1ccc(C(=O)N2CCC(c3nc(-c4cccc(Cl)c4)no3)CC2)cc1. The summed E-state index contributed by atoms with van der Waals surface area (Å²) in [6.45, 7) is 4.15. The monoisotopic (exact) mass is 439 g/mol. The van der Waals surface area contributed by atoms with Gasteiger partial charge in [-0.2, -0.15) is 4.98 Å². The number of rotatable bonds is 7. The van der Waals surface area contributed by atoms with Crippen molar-refractivity contribution >= 4 is 17.5 Å². The summed E-state index contributed by atoms with van der Waals surface area (Å²) in [6, 6.07) is 14.8. The average molecular weight is 440 g/mol. The van der Waals surface area contributed by atoms with Crippen molar-refractivity contribution in [2.24, 2.45) is 0 Å². The molecular weight excluding hydrogens is 414 g/mol. The van der Waals surface area contributed by atoms with Crippen LogP contribution in [0.3, 0.4) is 0 Å². The number of halogens is 1. The lowest BCUT2D eigenvalue weighted by atomic mass is 9.96. The third-order valence-electron chi connectivity index (χ3n) is 5.52. The average Bonchev–Trinajstić information content (AvgIpc) is 3.30. The highest BCUT2D eigenvalue weighted by molar-refractivity contribution is 6.30. The molecule has 2 heterocycles. The summed E-state index contributed by atoms with van der Waals surface area (Å²) in [5, 5.41) is 4.74. The van der Waals surface area contributed by atoms with Crippen LogP contribution in [0.1, 0.15) is 54.8 Å². The van der Waals surface area contributed by atoms with Gasteiger partial charge in [0.15, 0.2) is 0 Å². The minimum Gasteiger partial charge on any atom is -0.494 e. The van der Waals surface area contributed by atoms with Crippen LogP contribution in [-0.2, 0) is 0 Å². The molecule has 2 aromatic carbocycles. The summed E-state index contributed by atoms with van der Waals surface area (Å²) < 4.78 is 11.2. The van der Waals surface area contributed by atoms with E-state index < -0.39 is 0 Å². The number of amides is 1. The number of piperidine rings is 1. The molecule has 0 spiro atoms. The van der Waals surface area contributed by atoms with Gasteiger partial charge in [0.2, 0.25) is 11.7 Å². The van der Waals surface area contributed by atoms with Gasteiger partial charge in [0.25, 0.3) is 5.91 Å². The first-order valence-electron chi connectivity index (χ1n) is 10.8. The highest BCUT2D eigenvalue weighted by Crippen LogP contribution is 2.30. The molecule has 3 aromatic rings. The van der Waals surface area contributed by atoms with Gasteiger partial charge in [-0.15, -0.1) is 0 Å². The fraction of sp³-hybridized carbons (Fsp3) is 0.375. The molecule has 1 saturated heterocycles. The lowest BCUT2D eigenvalue weighted by Crippen LogP contribution is -2.38. The molecule has 31 heavy (non-hydrogen) atoms. The normalized spacial score (nSPS) is 14.6. The molecule has 1 aliphatic heterocycles. The first kappa shape index (κ1) is 21.4. The zero-order valence-electron chi connectivity index (χ0n) is 17.6. The Bertz CT molecular complexity index is 1010. The third-order valence-corrected chi connectivity index (χ3v) is 5.76. The van der Waals surface area contributed by atoms with E-state index in [9.17, 15) is 4.79 Å². The van der Waals surface area contributed by atoms with Crippen LogP contribution in [0.5, 0.6) is 5.75 Å². The Labute approximate surface area is 187 Å². The molecule has 7 heteroatoms. The largest absolute Gasteiger partial charge is 0.494 e. The van der Waals surface area contributed by atoms with E-state index in [1.807, 2.05) is 53.4 Å². The van der Waals surface area contributed by atoms with Crippen molar-refractivity contribution in [3.05, 3.63) is 65.0 Å². The first-order chi connectivity index (χ1) is 15.1. The van der Waals surface area contributed by atoms with Crippen LogP contribution in [0.15, 0.2) is 53.1 Å². The van der Waals surface area contributed by atoms with Gasteiger partial charge in [0.05, 0.1) is 6.61 Å². The predicted molar refractivity (Wildman–Crippen MR) is 119 cm³/mol. The minimum atomic E-state index is 0.0451.